The topological polar surface area (TPSA) is 74.8 Å². The van der Waals surface area contributed by atoms with Crippen molar-refractivity contribution in [2.24, 2.45) is 0 Å². The molecule has 5 nitrogen and oxygen atoms in total. The fourth-order valence-corrected chi connectivity index (χ4v) is 2.46. The number of nitrogens with zero attached hydrogens (tertiary/aromatic N) is 1. The zero-order valence-electron chi connectivity index (χ0n) is 10.9. The van der Waals surface area contributed by atoms with Crippen molar-refractivity contribution in [1.29, 1.82) is 0 Å². The highest BCUT2D eigenvalue weighted by Gasteiger charge is 2.25. The van der Waals surface area contributed by atoms with Crippen molar-refractivity contribution in [1.82, 2.24) is 15.5 Å². The molecule has 1 aromatic heterocycles. The first-order valence-corrected chi connectivity index (χ1v) is 7.18. The number of carbonyl (C=O) groups excluding carboxylic acids is 1. The molecule has 1 rings (SSSR count). The van der Waals surface area contributed by atoms with Crippen molar-refractivity contribution in [2.75, 3.05) is 12.8 Å². The Kier molecular flexibility index (Phi) is 5.40. The van der Waals surface area contributed by atoms with E-state index in [1.54, 1.807) is 11.8 Å². The summed E-state index contributed by atoms with van der Waals surface area (Å²) in [5.41, 5.74) is -0.0797. The summed E-state index contributed by atoms with van der Waals surface area (Å²) >= 11 is 1.76. The minimum Gasteiger partial charge on any atom is -0.349 e. The van der Waals surface area contributed by atoms with Crippen LogP contribution in [0.5, 0.6) is 0 Å². The summed E-state index contributed by atoms with van der Waals surface area (Å²) in [5.74, 6) is -0.258. The molecule has 0 unspecified atom stereocenters. The highest BCUT2D eigenvalue weighted by Crippen LogP contribution is 2.29. The van der Waals surface area contributed by atoms with Gasteiger partial charge >= 0.3 is 0 Å². The number of thioether (sulfide) groups is 1. The first-order valence-electron chi connectivity index (χ1n) is 5.96. The van der Waals surface area contributed by atoms with Gasteiger partial charge in [-0.2, -0.15) is 16.9 Å². The van der Waals surface area contributed by atoms with Crippen LogP contribution in [-0.2, 0) is 0 Å². The summed E-state index contributed by atoms with van der Waals surface area (Å²) in [5, 5.41) is 8.82. The maximum Gasteiger partial charge on any atom is 0.271 e. The van der Waals surface area contributed by atoms with Gasteiger partial charge in [0.05, 0.1) is 0 Å². The van der Waals surface area contributed by atoms with Crippen molar-refractivity contribution in [3.63, 3.8) is 0 Å². The standard InChI is InChI=1S/C12H19N3O2S/c1-4-12(5-2,18-3)8-13-11(17)9-6-7-10(16)15-14-9/h6-7H,4-5,8H2,1-3H3,(H,13,17)(H,15,16). The van der Waals surface area contributed by atoms with Gasteiger partial charge in [0, 0.05) is 17.4 Å². The van der Waals surface area contributed by atoms with E-state index in [2.05, 4.69) is 35.6 Å². The van der Waals surface area contributed by atoms with Gasteiger partial charge in [0.1, 0.15) is 5.69 Å². The molecule has 1 aromatic rings. The van der Waals surface area contributed by atoms with E-state index in [1.165, 1.54) is 12.1 Å². The molecule has 2 N–H and O–H groups in total. The van der Waals surface area contributed by atoms with Crippen LogP contribution in [0.3, 0.4) is 0 Å². The lowest BCUT2D eigenvalue weighted by atomic mass is 10.0. The van der Waals surface area contributed by atoms with Crippen LogP contribution in [0.1, 0.15) is 37.2 Å². The van der Waals surface area contributed by atoms with Crippen LogP contribution in [0, 0.1) is 0 Å². The van der Waals surface area contributed by atoms with E-state index in [0.717, 1.165) is 12.8 Å². The third kappa shape index (κ3) is 3.60. The second-order valence-corrected chi connectivity index (χ2v) is 5.36. The maximum absolute atomic E-state index is 11.8. The van der Waals surface area contributed by atoms with Crippen LogP contribution in [0.15, 0.2) is 16.9 Å². The summed E-state index contributed by atoms with van der Waals surface area (Å²) in [6.45, 7) is 4.83. The van der Waals surface area contributed by atoms with Crippen LogP contribution in [0.2, 0.25) is 0 Å². The van der Waals surface area contributed by atoms with Crippen molar-refractivity contribution >= 4 is 17.7 Å². The van der Waals surface area contributed by atoms with Gasteiger partial charge < -0.3 is 5.32 Å². The highest BCUT2D eigenvalue weighted by molar-refractivity contribution is 8.00. The van der Waals surface area contributed by atoms with E-state index in [4.69, 9.17) is 0 Å². The van der Waals surface area contributed by atoms with Crippen LogP contribution >= 0.6 is 11.8 Å². The molecule has 1 amide bonds. The number of carbonyl (C=O) groups is 1. The predicted octanol–water partition coefficient (Wildman–Crippen LogP) is 1.42. The molecule has 0 saturated heterocycles. The molecular formula is C12H19N3O2S. The third-order valence-corrected chi connectivity index (χ3v) is 4.79. The molecule has 18 heavy (non-hydrogen) atoms. The molecule has 0 aliphatic rings. The van der Waals surface area contributed by atoms with Gasteiger partial charge in [-0.1, -0.05) is 13.8 Å². The van der Waals surface area contributed by atoms with Crippen LogP contribution < -0.4 is 10.9 Å². The number of hydrogen-bond donors (Lipinski definition) is 2. The Labute approximate surface area is 111 Å². The fraction of sp³-hybridized carbons (Fsp3) is 0.583. The monoisotopic (exact) mass is 269 g/mol. The molecule has 6 heteroatoms. The lowest BCUT2D eigenvalue weighted by Crippen LogP contribution is -2.40. The molecule has 0 aliphatic carbocycles. The summed E-state index contributed by atoms with van der Waals surface area (Å²) in [6, 6.07) is 2.72. The summed E-state index contributed by atoms with van der Waals surface area (Å²) in [4.78, 5) is 22.7. The number of rotatable bonds is 6. The zero-order valence-corrected chi connectivity index (χ0v) is 11.8. The average Bonchev–Trinajstić information content (AvgIpc) is 2.41. The SMILES string of the molecule is CCC(CC)(CNC(=O)c1ccc(=O)[nH]n1)SC. The summed E-state index contributed by atoms with van der Waals surface area (Å²) in [6.07, 6.45) is 4.03. The van der Waals surface area contributed by atoms with Gasteiger partial charge in [-0.3, -0.25) is 9.59 Å². The molecule has 0 fully saturated rings. The maximum atomic E-state index is 11.8. The number of aromatic amines is 1. The molecule has 0 bridgehead atoms. The van der Waals surface area contributed by atoms with E-state index < -0.39 is 0 Å². The van der Waals surface area contributed by atoms with Crippen LogP contribution in [0.25, 0.3) is 0 Å². The molecular weight excluding hydrogens is 250 g/mol. The Hall–Kier alpha value is -1.30. The average molecular weight is 269 g/mol. The molecule has 0 aromatic carbocycles. The third-order valence-electron chi connectivity index (χ3n) is 3.20. The Morgan fingerprint density at radius 1 is 1.44 bits per heavy atom. The van der Waals surface area contributed by atoms with Crippen molar-refractivity contribution in [3.8, 4) is 0 Å². The van der Waals surface area contributed by atoms with Crippen LogP contribution in [0.4, 0.5) is 0 Å². The van der Waals surface area contributed by atoms with E-state index >= 15 is 0 Å². The van der Waals surface area contributed by atoms with Gasteiger partial charge in [-0.05, 0) is 25.2 Å². The van der Waals surface area contributed by atoms with Crippen LogP contribution in [-0.4, -0.2) is 33.7 Å². The molecule has 100 valence electrons. The first kappa shape index (κ1) is 14.8. The first-order chi connectivity index (χ1) is 8.56. The molecule has 0 radical (unpaired) electrons. The molecule has 1 heterocycles. The Bertz CT molecular complexity index is 426. The number of H-pyrrole nitrogens is 1. The second kappa shape index (κ2) is 6.58. The molecule has 0 spiro atoms. The molecule has 0 saturated carbocycles. The highest BCUT2D eigenvalue weighted by atomic mass is 32.2. The molecule has 0 aliphatic heterocycles. The second-order valence-electron chi connectivity index (χ2n) is 4.08. The van der Waals surface area contributed by atoms with E-state index in [1.807, 2.05) is 0 Å². The van der Waals surface area contributed by atoms with Crippen molar-refractivity contribution in [3.05, 3.63) is 28.2 Å². The van der Waals surface area contributed by atoms with E-state index in [0.29, 0.717) is 6.54 Å². The number of aromatic nitrogens is 2. The van der Waals surface area contributed by atoms with Gasteiger partial charge in [-0.25, -0.2) is 5.10 Å². The summed E-state index contributed by atoms with van der Waals surface area (Å²) in [7, 11) is 0. The quantitative estimate of drug-likeness (QED) is 0.819. The lowest BCUT2D eigenvalue weighted by molar-refractivity contribution is 0.0943. The Balaban J connectivity index is 2.65. The Morgan fingerprint density at radius 2 is 2.11 bits per heavy atom. The van der Waals surface area contributed by atoms with Crippen molar-refractivity contribution < 1.29 is 4.79 Å². The minimum absolute atomic E-state index is 0.0673. The molecule has 0 atom stereocenters. The fourth-order valence-electron chi connectivity index (χ4n) is 1.66. The predicted molar refractivity (Wildman–Crippen MR) is 74.0 cm³/mol. The number of amides is 1. The normalized spacial score (nSPS) is 11.3. The largest absolute Gasteiger partial charge is 0.349 e. The zero-order chi connectivity index (χ0) is 13.6. The Morgan fingerprint density at radius 3 is 2.56 bits per heavy atom. The van der Waals surface area contributed by atoms with E-state index in [-0.39, 0.29) is 21.9 Å². The minimum atomic E-state index is -0.313. The van der Waals surface area contributed by atoms with E-state index in [9.17, 15) is 9.59 Å². The van der Waals surface area contributed by atoms with Gasteiger partial charge in [0.15, 0.2) is 0 Å². The van der Waals surface area contributed by atoms with Crippen molar-refractivity contribution in [2.45, 2.75) is 31.4 Å². The van der Waals surface area contributed by atoms with Gasteiger partial charge in [-0.15, -0.1) is 0 Å². The van der Waals surface area contributed by atoms with Gasteiger partial charge in [0.25, 0.3) is 11.5 Å². The number of nitrogens with one attached hydrogen (secondary N) is 2. The summed E-state index contributed by atoms with van der Waals surface area (Å²) < 4.78 is 0.0673. The van der Waals surface area contributed by atoms with Gasteiger partial charge in [0.2, 0.25) is 0 Å². The lowest BCUT2D eigenvalue weighted by Gasteiger charge is -2.29. The number of hydrogen-bond acceptors (Lipinski definition) is 4. The smallest absolute Gasteiger partial charge is 0.271 e.